The molecule has 2 saturated heterocycles. The van der Waals surface area contributed by atoms with Gasteiger partial charge in [-0.05, 0) is 31.5 Å². The first-order valence-electron chi connectivity index (χ1n) is 12.1. The predicted octanol–water partition coefficient (Wildman–Crippen LogP) is 0.592. The summed E-state index contributed by atoms with van der Waals surface area (Å²) >= 11 is 0. The molecule has 0 aromatic heterocycles. The minimum atomic E-state index is -3.01. The van der Waals surface area contributed by atoms with Gasteiger partial charge in [0.25, 0.3) is 0 Å². The van der Waals surface area contributed by atoms with Gasteiger partial charge in [-0.3, -0.25) is 0 Å². The first-order chi connectivity index (χ1) is 17.4. The first-order valence-corrected chi connectivity index (χ1v) is 15.7. The summed E-state index contributed by atoms with van der Waals surface area (Å²) in [6.45, 7) is 6.29. The molecule has 0 aliphatic carbocycles. The molecule has 37 heavy (non-hydrogen) atoms. The summed E-state index contributed by atoms with van der Waals surface area (Å²) in [7, 11) is -4.57. The van der Waals surface area contributed by atoms with Crippen LogP contribution in [0.25, 0.3) is 0 Å². The Morgan fingerprint density at radius 2 is 1.35 bits per heavy atom. The molecule has 12 nitrogen and oxygen atoms in total. The Morgan fingerprint density at radius 1 is 0.865 bits per heavy atom. The topological polar surface area (TPSA) is 150 Å². The Bertz CT molecular complexity index is 1130. The van der Waals surface area contributed by atoms with Gasteiger partial charge >= 0.3 is 18.0 Å². The average molecular weight is 561 g/mol. The molecule has 2 aliphatic rings. The van der Waals surface area contributed by atoms with E-state index in [9.17, 15) is 31.2 Å². The minimum Gasteiger partial charge on any atom is -0.465 e. The normalized spacial score (nSPS) is 18.1. The lowest BCUT2D eigenvalue weighted by Crippen LogP contribution is -2.49. The molecule has 3 rings (SSSR count). The third-order valence-corrected chi connectivity index (χ3v) is 9.19. The minimum absolute atomic E-state index is 0.0180. The van der Waals surface area contributed by atoms with Gasteiger partial charge in [-0.1, -0.05) is 12.1 Å². The van der Waals surface area contributed by atoms with Crippen molar-refractivity contribution >= 4 is 37.7 Å². The molecule has 1 aromatic rings. The summed E-state index contributed by atoms with van der Waals surface area (Å²) in [6, 6.07) is 6.55. The Hall–Kier alpha value is -2.87. The van der Waals surface area contributed by atoms with Crippen molar-refractivity contribution in [3.05, 3.63) is 35.4 Å². The Morgan fingerprint density at radius 3 is 1.78 bits per heavy atom. The third-order valence-electron chi connectivity index (χ3n) is 5.98. The molecule has 0 spiro atoms. The van der Waals surface area contributed by atoms with Crippen molar-refractivity contribution in [2.75, 3.05) is 69.4 Å². The highest BCUT2D eigenvalue weighted by atomic mass is 32.2. The Balaban J connectivity index is 0.000000312. The number of rotatable bonds is 5. The number of esters is 1. The molecule has 2 aliphatic heterocycles. The molecule has 0 bridgehead atoms. The van der Waals surface area contributed by atoms with Gasteiger partial charge in [-0.15, -0.1) is 0 Å². The molecule has 1 aromatic carbocycles. The van der Waals surface area contributed by atoms with Crippen molar-refractivity contribution in [2.24, 2.45) is 0 Å². The highest BCUT2D eigenvalue weighted by Gasteiger charge is 2.28. The third kappa shape index (κ3) is 9.50. The summed E-state index contributed by atoms with van der Waals surface area (Å²) in [5.74, 6) is -0.192. The molecule has 1 N–H and O–H groups in total. The average Bonchev–Trinajstić information content (AvgIpc) is 2.87. The first kappa shape index (κ1) is 30.4. The van der Waals surface area contributed by atoms with Gasteiger partial charge in [-0.2, -0.15) is 0 Å². The fourth-order valence-electron chi connectivity index (χ4n) is 3.68. The van der Waals surface area contributed by atoms with E-state index in [1.807, 2.05) is 13.8 Å². The quantitative estimate of drug-likeness (QED) is 0.514. The Labute approximate surface area is 218 Å². The van der Waals surface area contributed by atoms with Crippen molar-refractivity contribution in [2.45, 2.75) is 20.4 Å². The number of nitrogens with zero attached hydrogens (tertiary/aromatic N) is 3. The molecular formula is C23H36N4O8S2. The summed E-state index contributed by atoms with van der Waals surface area (Å²) in [5.41, 5.74) is 1.35. The number of urea groups is 2. The van der Waals surface area contributed by atoms with Crippen LogP contribution in [-0.4, -0.2) is 119 Å². The van der Waals surface area contributed by atoms with Crippen molar-refractivity contribution in [1.82, 2.24) is 20.0 Å². The van der Waals surface area contributed by atoms with E-state index in [-0.39, 0.29) is 48.2 Å². The highest BCUT2D eigenvalue weighted by molar-refractivity contribution is 7.91. The van der Waals surface area contributed by atoms with E-state index in [4.69, 9.17) is 0 Å². The van der Waals surface area contributed by atoms with E-state index in [0.29, 0.717) is 38.3 Å². The predicted molar refractivity (Wildman–Crippen MR) is 139 cm³/mol. The van der Waals surface area contributed by atoms with Crippen LogP contribution in [0.2, 0.25) is 0 Å². The van der Waals surface area contributed by atoms with Crippen molar-refractivity contribution in [3.63, 3.8) is 0 Å². The van der Waals surface area contributed by atoms with Gasteiger partial charge in [0.05, 0.1) is 35.7 Å². The molecule has 0 atom stereocenters. The summed E-state index contributed by atoms with van der Waals surface area (Å²) in [6.07, 6.45) is 0. The molecule has 0 unspecified atom stereocenters. The van der Waals surface area contributed by atoms with Crippen LogP contribution in [0.5, 0.6) is 0 Å². The number of nitrogens with one attached hydrogen (secondary N) is 1. The van der Waals surface area contributed by atoms with E-state index in [0.717, 1.165) is 5.56 Å². The fourth-order valence-corrected chi connectivity index (χ4v) is 6.08. The maximum Gasteiger partial charge on any atom is 0.337 e. The van der Waals surface area contributed by atoms with Crippen LogP contribution in [0.4, 0.5) is 9.59 Å². The standard InChI is InChI=1S/C16H22N2O5S.C7H14N2O3S/c1-3-17(16(20)18-8-10-24(21,22)11-9-18)12-13-4-6-14(7-5-13)15(19)23-2;1-2-8-7(10)9-3-5-13(11,12)6-4-9/h4-7H,3,8-12H2,1-2H3;2-6H2,1H3,(H,8,10). The van der Waals surface area contributed by atoms with Crippen LogP contribution in [0.1, 0.15) is 29.8 Å². The van der Waals surface area contributed by atoms with Crippen LogP contribution < -0.4 is 5.32 Å². The van der Waals surface area contributed by atoms with Crippen molar-refractivity contribution < 1.29 is 36.0 Å². The number of benzene rings is 1. The SMILES string of the molecule is CCN(Cc1ccc(C(=O)OC)cc1)C(=O)N1CCS(=O)(=O)CC1.CCNC(=O)N1CCS(=O)(=O)CC1. The van der Waals surface area contributed by atoms with E-state index in [1.165, 1.54) is 12.0 Å². The molecule has 0 saturated carbocycles. The number of ether oxygens (including phenoxy) is 1. The lowest BCUT2D eigenvalue weighted by molar-refractivity contribution is 0.0600. The molecule has 2 fully saturated rings. The second-order valence-electron chi connectivity index (χ2n) is 8.60. The smallest absolute Gasteiger partial charge is 0.337 e. The van der Waals surface area contributed by atoms with E-state index in [1.54, 1.807) is 34.1 Å². The number of sulfone groups is 2. The summed E-state index contributed by atoms with van der Waals surface area (Å²) in [5, 5.41) is 2.63. The zero-order valence-electron chi connectivity index (χ0n) is 21.5. The lowest BCUT2D eigenvalue weighted by Gasteiger charge is -2.32. The molecule has 4 amide bonds. The molecular weight excluding hydrogens is 524 g/mol. The van der Waals surface area contributed by atoms with Crippen molar-refractivity contribution in [3.8, 4) is 0 Å². The van der Waals surface area contributed by atoms with E-state index in [2.05, 4.69) is 10.1 Å². The molecule has 208 valence electrons. The van der Waals surface area contributed by atoms with Crippen LogP contribution in [-0.2, 0) is 31.0 Å². The summed E-state index contributed by atoms with van der Waals surface area (Å²) < 4.78 is 49.6. The van der Waals surface area contributed by atoms with Gasteiger partial charge < -0.3 is 24.8 Å². The van der Waals surface area contributed by atoms with Gasteiger partial charge in [0.1, 0.15) is 0 Å². The monoisotopic (exact) mass is 560 g/mol. The number of carbonyl (C=O) groups excluding carboxylic acids is 3. The maximum atomic E-state index is 12.5. The number of amides is 4. The summed E-state index contributed by atoms with van der Waals surface area (Å²) in [4.78, 5) is 40.0. The van der Waals surface area contributed by atoms with Crippen LogP contribution in [0.15, 0.2) is 24.3 Å². The second kappa shape index (κ2) is 13.6. The Kier molecular flexibility index (Phi) is 11.2. The number of methoxy groups -OCH3 is 1. The van der Waals surface area contributed by atoms with Crippen LogP contribution in [0, 0.1) is 0 Å². The van der Waals surface area contributed by atoms with Gasteiger partial charge in [0.2, 0.25) is 0 Å². The molecule has 0 radical (unpaired) electrons. The zero-order valence-corrected chi connectivity index (χ0v) is 23.1. The van der Waals surface area contributed by atoms with Crippen molar-refractivity contribution in [1.29, 1.82) is 0 Å². The molecule has 2 heterocycles. The second-order valence-corrected chi connectivity index (χ2v) is 13.2. The number of hydrogen-bond donors (Lipinski definition) is 1. The van der Waals surface area contributed by atoms with E-state index >= 15 is 0 Å². The largest absolute Gasteiger partial charge is 0.465 e. The van der Waals surface area contributed by atoms with Gasteiger partial charge in [0.15, 0.2) is 19.7 Å². The van der Waals surface area contributed by atoms with E-state index < -0.39 is 25.6 Å². The maximum absolute atomic E-state index is 12.5. The fraction of sp³-hybridized carbons (Fsp3) is 0.609. The van der Waals surface area contributed by atoms with Crippen LogP contribution in [0.3, 0.4) is 0 Å². The van der Waals surface area contributed by atoms with Gasteiger partial charge in [0, 0.05) is 45.8 Å². The van der Waals surface area contributed by atoms with Crippen LogP contribution >= 0.6 is 0 Å². The number of hydrogen-bond acceptors (Lipinski definition) is 8. The van der Waals surface area contributed by atoms with Gasteiger partial charge in [-0.25, -0.2) is 31.2 Å². The number of carbonyl (C=O) groups is 3. The molecule has 14 heteroatoms. The lowest BCUT2D eigenvalue weighted by atomic mass is 10.1. The zero-order chi connectivity index (χ0) is 27.6. The highest BCUT2D eigenvalue weighted by Crippen LogP contribution is 2.12.